The summed E-state index contributed by atoms with van der Waals surface area (Å²) in [6, 6.07) is 3.29. The SMILES string of the molecule is COc1cc(NC(C)=O)c(Cl)cc1C(=O)N[C@@H]1CN2CCC[C@@H]1C2. The van der Waals surface area contributed by atoms with Crippen molar-refractivity contribution in [2.75, 3.05) is 32.1 Å². The monoisotopic (exact) mass is 351 g/mol. The van der Waals surface area contributed by atoms with Gasteiger partial charge in [-0.15, -0.1) is 0 Å². The zero-order chi connectivity index (χ0) is 17.3. The number of nitrogens with one attached hydrogen (secondary N) is 2. The van der Waals surface area contributed by atoms with Gasteiger partial charge in [-0.2, -0.15) is 0 Å². The predicted molar refractivity (Wildman–Crippen MR) is 92.7 cm³/mol. The molecule has 7 heteroatoms. The summed E-state index contributed by atoms with van der Waals surface area (Å²) >= 11 is 6.19. The molecule has 1 unspecified atom stereocenters. The average molecular weight is 352 g/mol. The average Bonchev–Trinajstić information content (AvgIpc) is 2.81. The third-order valence-electron chi connectivity index (χ3n) is 4.73. The first kappa shape index (κ1) is 17.0. The van der Waals surface area contributed by atoms with E-state index < -0.39 is 0 Å². The van der Waals surface area contributed by atoms with Crippen molar-refractivity contribution in [2.24, 2.45) is 5.92 Å². The third kappa shape index (κ3) is 3.49. The van der Waals surface area contributed by atoms with Gasteiger partial charge in [0.25, 0.3) is 5.91 Å². The number of fused-ring (bicyclic) bond motifs is 2. The summed E-state index contributed by atoms with van der Waals surface area (Å²) in [5.74, 6) is 0.482. The fourth-order valence-corrected chi connectivity index (χ4v) is 3.82. The van der Waals surface area contributed by atoms with Crippen LogP contribution in [0.5, 0.6) is 5.75 Å². The summed E-state index contributed by atoms with van der Waals surface area (Å²) in [6.45, 7) is 4.47. The summed E-state index contributed by atoms with van der Waals surface area (Å²) in [5.41, 5.74) is 0.813. The summed E-state index contributed by atoms with van der Waals surface area (Å²) in [7, 11) is 1.49. The highest BCUT2D eigenvalue weighted by atomic mass is 35.5. The molecule has 2 bridgehead atoms. The highest BCUT2D eigenvalue weighted by Gasteiger charge is 2.36. The molecule has 2 fully saturated rings. The van der Waals surface area contributed by atoms with E-state index in [-0.39, 0.29) is 17.9 Å². The molecule has 3 rings (SSSR count). The molecule has 130 valence electrons. The number of hydrogen-bond donors (Lipinski definition) is 2. The molecular weight excluding hydrogens is 330 g/mol. The molecule has 2 amide bonds. The van der Waals surface area contributed by atoms with E-state index in [0.717, 1.165) is 26.1 Å². The van der Waals surface area contributed by atoms with Gasteiger partial charge in [0.1, 0.15) is 5.75 Å². The van der Waals surface area contributed by atoms with E-state index in [0.29, 0.717) is 27.9 Å². The van der Waals surface area contributed by atoms with Crippen LogP contribution < -0.4 is 15.4 Å². The number of nitrogens with zero attached hydrogens (tertiary/aromatic N) is 1. The lowest BCUT2D eigenvalue weighted by Crippen LogP contribution is -2.40. The summed E-state index contributed by atoms with van der Waals surface area (Å²) in [5, 5.41) is 6.06. The molecule has 0 spiro atoms. The van der Waals surface area contributed by atoms with Gasteiger partial charge in [0.05, 0.1) is 23.4 Å². The molecule has 2 saturated heterocycles. The Hall–Kier alpha value is -1.79. The minimum atomic E-state index is -0.233. The van der Waals surface area contributed by atoms with Crippen molar-refractivity contribution in [2.45, 2.75) is 25.8 Å². The molecule has 0 aromatic heterocycles. The number of rotatable bonds is 4. The lowest BCUT2D eigenvalue weighted by molar-refractivity contribution is -0.114. The van der Waals surface area contributed by atoms with Gasteiger partial charge < -0.3 is 20.3 Å². The molecule has 2 heterocycles. The van der Waals surface area contributed by atoms with Crippen LogP contribution in [0.4, 0.5) is 5.69 Å². The standard InChI is InChI=1S/C17H22ClN3O3/c1-10(22)19-14-7-16(24-2)12(6-13(14)18)17(23)20-15-9-21-5-3-4-11(15)8-21/h6-7,11,15H,3-5,8-9H2,1-2H3,(H,19,22)(H,20,23)/t11-,15-/m1/s1. The van der Waals surface area contributed by atoms with Crippen molar-refractivity contribution in [3.63, 3.8) is 0 Å². The molecule has 0 aliphatic carbocycles. The minimum Gasteiger partial charge on any atom is -0.496 e. The van der Waals surface area contributed by atoms with Gasteiger partial charge in [-0.05, 0) is 31.4 Å². The Bertz CT molecular complexity index is 665. The summed E-state index contributed by atoms with van der Waals surface area (Å²) < 4.78 is 5.31. The van der Waals surface area contributed by atoms with Crippen LogP contribution in [0.3, 0.4) is 0 Å². The molecule has 2 aliphatic heterocycles. The number of ether oxygens (including phenoxy) is 1. The Balaban J connectivity index is 1.79. The molecular formula is C17H22ClN3O3. The van der Waals surface area contributed by atoms with E-state index >= 15 is 0 Å². The molecule has 1 aromatic rings. The van der Waals surface area contributed by atoms with E-state index in [1.165, 1.54) is 20.5 Å². The van der Waals surface area contributed by atoms with Crippen LogP contribution in [0.2, 0.25) is 5.02 Å². The zero-order valence-corrected chi connectivity index (χ0v) is 14.7. The number of piperidine rings is 1. The minimum absolute atomic E-state index is 0.165. The van der Waals surface area contributed by atoms with Crippen LogP contribution in [0.25, 0.3) is 0 Å². The Morgan fingerprint density at radius 1 is 1.33 bits per heavy atom. The maximum absolute atomic E-state index is 12.7. The van der Waals surface area contributed by atoms with E-state index in [1.54, 1.807) is 12.1 Å². The highest BCUT2D eigenvalue weighted by Crippen LogP contribution is 2.32. The quantitative estimate of drug-likeness (QED) is 0.871. The highest BCUT2D eigenvalue weighted by molar-refractivity contribution is 6.34. The molecule has 0 radical (unpaired) electrons. The van der Waals surface area contributed by atoms with Gasteiger partial charge >= 0.3 is 0 Å². The van der Waals surface area contributed by atoms with Crippen LogP contribution in [-0.2, 0) is 4.79 Å². The van der Waals surface area contributed by atoms with Crippen LogP contribution in [-0.4, -0.2) is 49.5 Å². The largest absolute Gasteiger partial charge is 0.496 e. The van der Waals surface area contributed by atoms with Crippen LogP contribution in [0.1, 0.15) is 30.1 Å². The molecule has 2 aliphatic rings. The number of amides is 2. The lowest BCUT2D eigenvalue weighted by Gasteiger charge is -2.22. The number of halogens is 1. The fourth-order valence-electron chi connectivity index (χ4n) is 3.61. The number of hydrogen-bond acceptors (Lipinski definition) is 4. The van der Waals surface area contributed by atoms with E-state index in [4.69, 9.17) is 16.3 Å². The lowest BCUT2D eigenvalue weighted by atomic mass is 9.96. The van der Waals surface area contributed by atoms with Gasteiger partial charge in [-0.25, -0.2) is 0 Å². The second kappa shape index (κ2) is 6.99. The maximum atomic E-state index is 12.7. The number of carbonyl (C=O) groups is 2. The fraction of sp³-hybridized carbons (Fsp3) is 0.529. The van der Waals surface area contributed by atoms with Gasteiger partial charge in [-0.1, -0.05) is 11.6 Å². The number of carbonyl (C=O) groups excluding carboxylic acids is 2. The van der Waals surface area contributed by atoms with Crippen molar-refractivity contribution < 1.29 is 14.3 Å². The number of benzene rings is 1. The number of methoxy groups -OCH3 is 1. The molecule has 2 N–H and O–H groups in total. The Morgan fingerprint density at radius 3 is 2.79 bits per heavy atom. The summed E-state index contributed by atoms with van der Waals surface area (Å²) in [6.07, 6.45) is 2.35. The Kier molecular flexibility index (Phi) is 4.96. The maximum Gasteiger partial charge on any atom is 0.255 e. The van der Waals surface area contributed by atoms with Crippen molar-refractivity contribution in [3.8, 4) is 5.75 Å². The second-order valence-corrected chi connectivity index (χ2v) is 6.86. The molecule has 1 aromatic carbocycles. The zero-order valence-electron chi connectivity index (χ0n) is 13.9. The van der Waals surface area contributed by atoms with Gasteiger partial charge in [0.2, 0.25) is 5.91 Å². The Morgan fingerprint density at radius 2 is 2.12 bits per heavy atom. The van der Waals surface area contributed by atoms with Gasteiger partial charge in [0.15, 0.2) is 0 Å². The van der Waals surface area contributed by atoms with Crippen LogP contribution in [0, 0.1) is 5.92 Å². The normalized spacial score (nSPS) is 25.2. The van der Waals surface area contributed by atoms with Crippen LogP contribution in [0.15, 0.2) is 12.1 Å². The third-order valence-corrected chi connectivity index (χ3v) is 5.04. The topological polar surface area (TPSA) is 70.7 Å². The van der Waals surface area contributed by atoms with E-state index in [9.17, 15) is 9.59 Å². The van der Waals surface area contributed by atoms with Crippen molar-refractivity contribution in [1.29, 1.82) is 0 Å². The summed E-state index contributed by atoms with van der Waals surface area (Å²) in [4.78, 5) is 26.3. The van der Waals surface area contributed by atoms with Crippen molar-refractivity contribution in [1.82, 2.24) is 10.2 Å². The van der Waals surface area contributed by atoms with Gasteiger partial charge in [0, 0.05) is 32.1 Å². The number of anilines is 1. The molecule has 24 heavy (non-hydrogen) atoms. The smallest absolute Gasteiger partial charge is 0.255 e. The van der Waals surface area contributed by atoms with Crippen molar-refractivity contribution >= 4 is 29.1 Å². The predicted octanol–water partition coefficient (Wildman–Crippen LogP) is 2.13. The van der Waals surface area contributed by atoms with Gasteiger partial charge in [-0.3, -0.25) is 9.59 Å². The first-order chi connectivity index (χ1) is 11.5. The van der Waals surface area contributed by atoms with E-state index in [2.05, 4.69) is 15.5 Å². The molecule has 6 nitrogen and oxygen atoms in total. The molecule has 3 atom stereocenters. The van der Waals surface area contributed by atoms with Crippen LogP contribution >= 0.6 is 11.6 Å². The first-order valence-corrected chi connectivity index (χ1v) is 8.54. The Labute approximate surface area is 146 Å². The molecule has 0 saturated carbocycles. The van der Waals surface area contributed by atoms with Crippen molar-refractivity contribution in [3.05, 3.63) is 22.7 Å². The first-order valence-electron chi connectivity index (χ1n) is 8.16. The van der Waals surface area contributed by atoms with E-state index in [1.807, 2.05) is 0 Å². The second-order valence-electron chi connectivity index (χ2n) is 6.46.